The van der Waals surface area contributed by atoms with Gasteiger partial charge >= 0.3 is 0 Å². The van der Waals surface area contributed by atoms with Crippen LogP contribution < -0.4 is 4.72 Å². The number of hydrogen-bond donors (Lipinski definition) is 2. The minimum atomic E-state index is -3.50. The van der Waals surface area contributed by atoms with Crippen molar-refractivity contribution in [3.05, 3.63) is 33.1 Å². The normalized spacial score (nSPS) is 11.9. The van der Waals surface area contributed by atoms with Crippen LogP contribution in [0.25, 0.3) is 0 Å². The number of thiophene rings is 1. The van der Waals surface area contributed by atoms with Gasteiger partial charge in [0.05, 0.1) is 6.54 Å². The molecule has 0 atom stereocenters. The van der Waals surface area contributed by atoms with E-state index in [1.807, 2.05) is 6.92 Å². The monoisotopic (exact) mass is 332 g/mol. The summed E-state index contributed by atoms with van der Waals surface area (Å²) in [7, 11) is -3.50. The van der Waals surface area contributed by atoms with Crippen LogP contribution in [0.3, 0.4) is 0 Å². The first-order valence-corrected chi connectivity index (χ1v) is 9.29. The number of aliphatic hydroxyl groups excluding tert-OH is 1. The molecule has 5 nitrogen and oxygen atoms in total. The molecule has 20 heavy (non-hydrogen) atoms. The van der Waals surface area contributed by atoms with E-state index in [0.29, 0.717) is 6.42 Å². The van der Waals surface area contributed by atoms with Gasteiger partial charge in [-0.15, -0.1) is 22.7 Å². The van der Waals surface area contributed by atoms with E-state index in [0.717, 1.165) is 21.2 Å². The summed E-state index contributed by atoms with van der Waals surface area (Å²) in [4.78, 5) is 6.18. The van der Waals surface area contributed by atoms with Gasteiger partial charge in [-0.25, -0.2) is 18.1 Å². The van der Waals surface area contributed by atoms with Crippen LogP contribution in [0.1, 0.15) is 21.7 Å². The number of aliphatic hydroxyl groups is 1. The van der Waals surface area contributed by atoms with E-state index < -0.39 is 10.0 Å². The average Bonchev–Trinajstić information content (AvgIpc) is 3.06. The van der Waals surface area contributed by atoms with Crippen molar-refractivity contribution >= 4 is 32.7 Å². The summed E-state index contributed by atoms with van der Waals surface area (Å²) in [6.07, 6.45) is 3.16. The fourth-order valence-corrected chi connectivity index (χ4v) is 4.84. The molecule has 110 valence electrons. The lowest BCUT2D eigenvalue weighted by molar-refractivity contribution is 0.300. The Hall–Kier alpha value is -0.800. The van der Waals surface area contributed by atoms with E-state index >= 15 is 0 Å². The molecule has 0 aliphatic heterocycles. The number of hydrogen-bond acceptors (Lipinski definition) is 6. The Kier molecular flexibility index (Phi) is 5.28. The summed E-state index contributed by atoms with van der Waals surface area (Å²) in [5.74, 6) is 0. The Bertz CT molecular complexity index is 661. The van der Waals surface area contributed by atoms with Crippen LogP contribution in [0.15, 0.2) is 22.5 Å². The highest BCUT2D eigenvalue weighted by atomic mass is 32.2. The topological polar surface area (TPSA) is 79.3 Å². The van der Waals surface area contributed by atoms with Crippen molar-refractivity contribution in [1.82, 2.24) is 9.71 Å². The largest absolute Gasteiger partial charge is 0.396 e. The molecule has 2 N–H and O–H groups in total. The first-order chi connectivity index (χ1) is 9.55. The Balaban J connectivity index is 2.02. The fraction of sp³-hybridized carbons (Fsp3) is 0.417. The zero-order valence-electron chi connectivity index (χ0n) is 11.0. The molecule has 8 heteroatoms. The number of nitrogens with zero attached hydrogens (tertiary/aromatic N) is 1. The van der Waals surface area contributed by atoms with Crippen LogP contribution in [0.4, 0.5) is 0 Å². The molecule has 0 unspecified atom stereocenters. The van der Waals surface area contributed by atoms with Crippen molar-refractivity contribution in [2.45, 2.75) is 30.5 Å². The molecular weight excluding hydrogens is 316 g/mol. The van der Waals surface area contributed by atoms with Crippen LogP contribution in [-0.2, 0) is 29.4 Å². The van der Waals surface area contributed by atoms with Crippen LogP contribution in [0.2, 0.25) is 0 Å². The van der Waals surface area contributed by atoms with Crippen molar-refractivity contribution in [1.29, 1.82) is 0 Å². The van der Waals surface area contributed by atoms with E-state index in [2.05, 4.69) is 9.71 Å². The van der Waals surface area contributed by atoms with Crippen molar-refractivity contribution in [2.24, 2.45) is 0 Å². The van der Waals surface area contributed by atoms with Gasteiger partial charge in [-0.05, 0) is 18.6 Å². The summed E-state index contributed by atoms with van der Waals surface area (Å²) in [6, 6.07) is 3.30. The number of aryl methyl sites for hydroxylation is 1. The van der Waals surface area contributed by atoms with Crippen LogP contribution >= 0.6 is 22.7 Å². The maximum atomic E-state index is 12.1. The lowest BCUT2D eigenvalue weighted by Gasteiger charge is -2.02. The highest BCUT2D eigenvalue weighted by molar-refractivity contribution is 7.91. The molecule has 2 aromatic heterocycles. The van der Waals surface area contributed by atoms with E-state index in [1.165, 1.54) is 22.7 Å². The molecule has 0 bridgehead atoms. The molecule has 0 aliphatic carbocycles. The molecule has 2 heterocycles. The standard InChI is InChI=1S/C12H16N2O3S3/c1-2-9-7-13-11(18-9)8-14-20(16,17)12-4-3-10(19-12)5-6-15/h3-4,7,14-15H,2,5-6,8H2,1H3. The number of thiazole rings is 1. The van der Waals surface area contributed by atoms with Gasteiger partial charge in [0.2, 0.25) is 10.0 Å². The quantitative estimate of drug-likeness (QED) is 0.810. The third-order valence-electron chi connectivity index (χ3n) is 2.62. The molecule has 0 saturated carbocycles. The lowest BCUT2D eigenvalue weighted by atomic mass is 10.4. The van der Waals surface area contributed by atoms with Crippen molar-refractivity contribution in [2.75, 3.05) is 6.61 Å². The summed E-state index contributed by atoms with van der Waals surface area (Å²) in [5, 5.41) is 9.61. The highest BCUT2D eigenvalue weighted by Gasteiger charge is 2.17. The molecule has 0 radical (unpaired) electrons. The maximum absolute atomic E-state index is 12.1. The van der Waals surface area contributed by atoms with E-state index in [9.17, 15) is 8.42 Å². The SMILES string of the molecule is CCc1cnc(CNS(=O)(=O)c2ccc(CCO)s2)s1. The molecule has 0 saturated heterocycles. The predicted octanol–water partition coefficient (Wildman–Crippen LogP) is 1.78. The van der Waals surface area contributed by atoms with Crippen molar-refractivity contribution in [3.8, 4) is 0 Å². The summed E-state index contributed by atoms with van der Waals surface area (Å²) in [5.41, 5.74) is 0. The molecule has 0 aromatic carbocycles. The number of rotatable bonds is 7. The average molecular weight is 332 g/mol. The third-order valence-corrected chi connectivity index (χ3v) is 6.80. The second kappa shape index (κ2) is 6.77. The summed E-state index contributed by atoms with van der Waals surface area (Å²) < 4.78 is 27.1. The molecule has 2 rings (SSSR count). The number of sulfonamides is 1. The number of aromatic nitrogens is 1. The minimum Gasteiger partial charge on any atom is -0.396 e. The molecule has 0 spiro atoms. The lowest BCUT2D eigenvalue weighted by Crippen LogP contribution is -2.22. The molecule has 0 amide bonds. The Labute approximate surface area is 126 Å². The first kappa shape index (κ1) is 15.6. The van der Waals surface area contributed by atoms with E-state index in [4.69, 9.17) is 5.11 Å². The molecular formula is C12H16N2O3S3. The first-order valence-electron chi connectivity index (χ1n) is 6.18. The van der Waals surface area contributed by atoms with E-state index in [1.54, 1.807) is 18.3 Å². The van der Waals surface area contributed by atoms with Gasteiger partial charge in [-0.3, -0.25) is 0 Å². The van der Waals surface area contributed by atoms with Crippen LogP contribution in [-0.4, -0.2) is 25.1 Å². The molecule has 0 aliphatic rings. The van der Waals surface area contributed by atoms with Crippen molar-refractivity contribution in [3.63, 3.8) is 0 Å². The van der Waals surface area contributed by atoms with Gasteiger partial charge in [0.25, 0.3) is 0 Å². The summed E-state index contributed by atoms with van der Waals surface area (Å²) in [6.45, 7) is 2.27. The molecule has 2 aromatic rings. The molecule has 0 fully saturated rings. The highest BCUT2D eigenvalue weighted by Crippen LogP contribution is 2.22. The third kappa shape index (κ3) is 3.86. The van der Waals surface area contributed by atoms with Gasteiger partial charge in [0.1, 0.15) is 9.22 Å². The predicted molar refractivity (Wildman–Crippen MR) is 80.6 cm³/mol. The number of nitrogens with one attached hydrogen (secondary N) is 1. The van der Waals surface area contributed by atoms with Crippen molar-refractivity contribution < 1.29 is 13.5 Å². The van der Waals surface area contributed by atoms with Gasteiger partial charge in [0, 0.05) is 29.0 Å². The second-order valence-corrected chi connectivity index (χ2v) is 8.45. The Morgan fingerprint density at radius 3 is 2.75 bits per heavy atom. The van der Waals surface area contributed by atoms with Crippen LogP contribution in [0, 0.1) is 0 Å². The maximum Gasteiger partial charge on any atom is 0.250 e. The zero-order chi connectivity index (χ0) is 14.6. The van der Waals surface area contributed by atoms with Gasteiger partial charge in [0.15, 0.2) is 0 Å². The van der Waals surface area contributed by atoms with Gasteiger partial charge < -0.3 is 5.11 Å². The zero-order valence-corrected chi connectivity index (χ0v) is 13.4. The minimum absolute atomic E-state index is 0.0202. The smallest absolute Gasteiger partial charge is 0.250 e. The second-order valence-electron chi connectivity index (χ2n) is 4.09. The Morgan fingerprint density at radius 1 is 1.30 bits per heavy atom. The summed E-state index contributed by atoms with van der Waals surface area (Å²) >= 11 is 2.70. The Morgan fingerprint density at radius 2 is 2.10 bits per heavy atom. The van der Waals surface area contributed by atoms with Gasteiger partial charge in [-0.2, -0.15) is 0 Å². The van der Waals surface area contributed by atoms with E-state index in [-0.39, 0.29) is 17.4 Å². The van der Waals surface area contributed by atoms with Gasteiger partial charge in [-0.1, -0.05) is 6.92 Å². The fourth-order valence-electron chi connectivity index (χ4n) is 1.57. The van der Waals surface area contributed by atoms with Crippen LogP contribution in [0.5, 0.6) is 0 Å².